The van der Waals surface area contributed by atoms with Gasteiger partial charge in [0.25, 0.3) is 5.91 Å². The predicted molar refractivity (Wildman–Crippen MR) is 59.1 cm³/mol. The molecule has 2 amide bonds. The Hall–Kier alpha value is -1.32. The third-order valence-electron chi connectivity index (χ3n) is 2.36. The Labute approximate surface area is 103 Å². The average molecular weight is 263 g/mol. The molecule has 0 aliphatic rings. The third kappa shape index (κ3) is 3.86. The number of nitrogens with one attached hydrogen (secondary N) is 1. The topological polar surface area (TPSA) is 147 Å². The molecule has 8 nitrogen and oxygen atoms in total. The molecule has 0 heterocycles. The van der Waals surface area contributed by atoms with Gasteiger partial charge in [-0.1, -0.05) is 6.58 Å². The Bertz CT molecular complexity index is 328. The minimum atomic E-state index is -2.53. The van der Waals surface area contributed by atoms with Gasteiger partial charge in [0.2, 0.25) is 5.91 Å². The summed E-state index contributed by atoms with van der Waals surface area (Å²) in [6, 6.07) is 0. The zero-order valence-corrected chi connectivity index (χ0v) is 9.78. The highest BCUT2D eigenvalue weighted by molar-refractivity contribution is 6.03. The number of carbonyl (C=O) groups excluding carboxylic acids is 2. The summed E-state index contributed by atoms with van der Waals surface area (Å²) >= 11 is 0. The van der Waals surface area contributed by atoms with Crippen molar-refractivity contribution in [1.29, 1.82) is 0 Å². The Morgan fingerprint density at radius 3 is 2.28 bits per heavy atom. The monoisotopic (exact) mass is 263 g/mol. The lowest BCUT2D eigenvalue weighted by Crippen LogP contribution is -2.60. The first kappa shape index (κ1) is 16.7. The molecule has 18 heavy (non-hydrogen) atoms. The summed E-state index contributed by atoms with van der Waals surface area (Å²) < 4.78 is 0. The molecule has 0 aromatic heterocycles. The van der Waals surface area contributed by atoms with E-state index >= 15 is 0 Å². The first-order chi connectivity index (χ1) is 8.18. The van der Waals surface area contributed by atoms with Crippen molar-refractivity contribution in [3.8, 4) is 0 Å². The Morgan fingerprint density at radius 2 is 1.89 bits per heavy atom. The molecule has 0 aromatic rings. The van der Waals surface area contributed by atoms with Crippen LogP contribution in [-0.2, 0) is 9.59 Å². The van der Waals surface area contributed by atoms with Crippen molar-refractivity contribution in [2.45, 2.75) is 30.8 Å². The van der Waals surface area contributed by atoms with Crippen molar-refractivity contribution in [2.24, 2.45) is 0 Å². The van der Waals surface area contributed by atoms with Gasteiger partial charge in [0.15, 0.2) is 5.60 Å². The van der Waals surface area contributed by atoms with Gasteiger partial charge in [-0.2, -0.15) is 0 Å². The Balaban J connectivity index is 4.84. The van der Waals surface area contributed by atoms with Crippen LogP contribution in [0.4, 0.5) is 0 Å². The molecule has 0 spiro atoms. The quantitative estimate of drug-likeness (QED) is 0.274. The standard InChI is InChI=1S/C10H17NO7/c1-3-6(14)11-9(17)10(2,18)8(16)7(15)5(13)4-12/h3,5,7-8,12-13,15-16,18H,1,4H2,2H3,(H,11,14,17)/t5-,7-,8+,10-/m1/s1. The van der Waals surface area contributed by atoms with Gasteiger partial charge in [-0.25, -0.2) is 0 Å². The normalized spacial score (nSPS) is 19.2. The van der Waals surface area contributed by atoms with Crippen LogP contribution in [-0.4, -0.2) is 67.9 Å². The highest BCUT2D eigenvalue weighted by Crippen LogP contribution is 2.16. The SMILES string of the molecule is C=CC(=O)NC(=O)[C@](C)(O)[C@@H](O)[C@H](O)[C@H](O)CO. The van der Waals surface area contributed by atoms with Crippen LogP contribution < -0.4 is 5.32 Å². The van der Waals surface area contributed by atoms with Gasteiger partial charge in [-0.3, -0.25) is 14.9 Å². The van der Waals surface area contributed by atoms with Crippen LogP contribution in [0.5, 0.6) is 0 Å². The Kier molecular flexibility index (Phi) is 6.09. The van der Waals surface area contributed by atoms with Crippen LogP contribution in [0.3, 0.4) is 0 Å². The van der Waals surface area contributed by atoms with Crippen molar-refractivity contribution in [3.63, 3.8) is 0 Å². The minimum Gasteiger partial charge on any atom is -0.394 e. The van der Waals surface area contributed by atoms with Crippen LogP contribution in [0, 0.1) is 0 Å². The highest BCUT2D eigenvalue weighted by Gasteiger charge is 2.44. The van der Waals surface area contributed by atoms with Crippen LogP contribution in [0.25, 0.3) is 0 Å². The number of aliphatic hydroxyl groups excluding tert-OH is 4. The number of hydrogen-bond acceptors (Lipinski definition) is 7. The van der Waals surface area contributed by atoms with E-state index in [1.54, 1.807) is 5.32 Å². The van der Waals surface area contributed by atoms with Crippen molar-refractivity contribution < 1.29 is 35.1 Å². The van der Waals surface area contributed by atoms with E-state index in [1.807, 2.05) is 0 Å². The molecule has 6 N–H and O–H groups in total. The summed E-state index contributed by atoms with van der Waals surface area (Å²) in [7, 11) is 0. The summed E-state index contributed by atoms with van der Waals surface area (Å²) in [5.74, 6) is -2.17. The van der Waals surface area contributed by atoms with E-state index in [2.05, 4.69) is 6.58 Å². The van der Waals surface area contributed by atoms with Crippen LogP contribution >= 0.6 is 0 Å². The molecule has 0 saturated heterocycles. The van der Waals surface area contributed by atoms with Gasteiger partial charge in [0, 0.05) is 0 Å². The predicted octanol–water partition coefficient (Wildman–Crippen LogP) is -3.36. The van der Waals surface area contributed by atoms with Gasteiger partial charge in [-0.05, 0) is 13.0 Å². The van der Waals surface area contributed by atoms with Crippen LogP contribution in [0.2, 0.25) is 0 Å². The molecule has 0 fully saturated rings. The second-order valence-electron chi connectivity index (χ2n) is 3.86. The summed E-state index contributed by atoms with van der Waals surface area (Å²) in [5.41, 5.74) is -2.53. The highest BCUT2D eigenvalue weighted by atomic mass is 16.4. The van der Waals surface area contributed by atoms with Gasteiger partial charge < -0.3 is 25.5 Å². The molecule has 0 aliphatic carbocycles. The summed E-state index contributed by atoms with van der Waals surface area (Å²) in [5, 5.41) is 48.0. The van der Waals surface area contributed by atoms with E-state index in [9.17, 15) is 24.9 Å². The first-order valence-electron chi connectivity index (χ1n) is 5.03. The summed E-state index contributed by atoms with van der Waals surface area (Å²) in [6.07, 6.45) is -5.03. The second-order valence-corrected chi connectivity index (χ2v) is 3.86. The fourth-order valence-corrected chi connectivity index (χ4v) is 1.07. The molecular weight excluding hydrogens is 246 g/mol. The van der Waals surface area contributed by atoms with E-state index < -0.39 is 42.3 Å². The van der Waals surface area contributed by atoms with E-state index in [1.165, 1.54) is 0 Å². The molecule has 4 atom stereocenters. The number of carbonyl (C=O) groups is 2. The molecule has 0 aromatic carbocycles. The lowest BCUT2D eigenvalue weighted by atomic mass is 9.91. The fourth-order valence-electron chi connectivity index (χ4n) is 1.07. The lowest BCUT2D eigenvalue weighted by Gasteiger charge is -2.32. The number of amides is 2. The summed E-state index contributed by atoms with van der Waals surface area (Å²) in [6.45, 7) is 3.06. The number of rotatable bonds is 6. The van der Waals surface area contributed by atoms with E-state index in [0.29, 0.717) is 0 Å². The largest absolute Gasteiger partial charge is 0.394 e. The second kappa shape index (κ2) is 6.57. The third-order valence-corrected chi connectivity index (χ3v) is 2.36. The zero-order chi connectivity index (χ0) is 14.5. The van der Waals surface area contributed by atoms with Crippen molar-refractivity contribution in [2.75, 3.05) is 6.61 Å². The molecule has 104 valence electrons. The molecule has 0 aliphatic heterocycles. The number of hydrogen-bond donors (Lipinski definition) is 6. The maximum absolute atomic E-state index is 11.4. The van der Waals surface area contributed by atoms with Gasteiger partial charge in [-0.15, -0.1) is 0 Å². The van der Waals surface area contributed by atoms with Crippen molar-refractivity contribution >= 4 is 11.8 Å². The Morgan fingerprint density at radius 1 is 1.39 bits per heavy atom. The fraction of sp³-hybridized carbons (Fsp3) is 0.600. The first-order valence-corrected chi connectivity index (χ1v) is 5.03. The maximum Gasteiger partial charge on any atom is 0.261 e. The van der Waals surface area contributed by atoms with Crippen LogP contribution in [0.1, 0.15) is 6.92 Å². The molecule has 0 bridgehead atoms. The molecule has 0 saturated carbocycles. The molecule has 0 rings (SSSR count). The van der Waals surface area contributed by atoms with Crippen LogP contribution in [0.15, 0.2) is 12.7 Å². The number of imide groups is 1. The van der Waals surface area contributed by atoms with Gasteiger partial charge in [0.05, 0.1) is 6.61 Å². The smallest absolute Gasteiger partial charge is 0.261 e. The summed E-state index contributed by atoms with van der Waals surface area (Å²) in [4.78, 5) is 22.3. The molecular formula is C10H17NO7. The molecule has 0 unspecified atom stereocenters. The lowest BCUT2D eigenvalue weighted by molar-refractivity contribution is -0.172. The zero-order valence-electron chi connectivity index (χ0n) is 9.78. The average Bonchev–Trinajstić information content (AvgIpc) is 2.35. The number of aliphatic hydroxyl groups is 5. The minimum absolute atomic E-state index is 0.777. The van der Waals surface area contributed by atoms with E-state index in [0.717, 1.165) is 13.0 Å². The van der Waals surface area contributed by atoms with Gasteiger partial charge in [0.1, 0.15) is 18.3 Å². The van der Waals surface area contributed by atoms with Crippen molar-refractivity contribution in [3.05, 3.63) is 12.7 Å². The molecule has 8 heteroatoms. The van der Waals surface area contributed by atoms with E-state index in [-0.39, 0.29) is 0 Å². The van der Waals surface area contributed by atoms with Gasteiger partial charge >= 0.3 is 0 Å². The maximum atomic E-state index is 11.4. The van der Waals surface area contributed by atoms with Crippen molar-refractivity contribution in [1.82, 2.24) is 5.32 Å². The van der Waals surface area contributed by atoms with E-state index in [4.69, 9.17) is 10.2 Å². The molecule has 0 radical (unpaired) electrons.